The molecule has 0 radical (unpaired) electrons. The van der Waals surface area contributed by atoms with Gasteiger partial charge in [-0.2, -0.15) is 10.4 Å². The van der Waals surface area contributed by atoms with Crippen LogP contribution in [0.5, 0.6) is 0 Å². The first-order valence-corrected chi connectivity index (χ1v) is 4.07. The summed E-state index contributed by atoms with van der Waals surface area (Å²) in [5.74, 6) is -0.403. The van der Waals surface area contributed by atoms with Crippen LogP contribution in [0.1, 0.15) is 12.0 Å². The van der Waals surface area contributed by atoms with Gasteiger partial charge in [-0.3, -0.25) is 4.79 Å². The lowest BCUT2D eigenvalue weighted by atomic mass is 10.2. The zero-order chi connectivity index (χ0) is 10.2. The van der Waals surface area contributed by atoms with E-state index < -0.39 is 5.91 Å². The predicted octanol–water partition coefficient (Wildman–Crippen LogP) is 1.05. The summed E-state index contributed by atoms with van der Waals surface area (Å²) in [5.41, 5.74) is 3.13. The Morgan fingerprint density at radius 2 is 2.21 bits per heavy atom. The minimum atomic E-state index is -0.403. The van der Waals surface area contributed by atoms with Gasteiger partial charge in [0.2, 0.25) is 0 Å². The number of carbonyl (C=O) groups excluding carboxylic acids is 1. The Bertz CT molecular complexity index is 365. The lowest BCUT2D eigenvalue weighted by molar-refractivity contribution is -0.120. The molecule has 0 atom stereocenters. The van der Waals surface area contributed by atoms with Crippen LogP contribution in [0.2, 0.25) is 0 Å². The number of benzene rings is 1. The fourth-order valence-electron chi connectivity index (χ4n) is 0.829. The Morgan fingerprint density at radius 1 is 1.50 bits per heavy atom. The van der Waals surface area contributed by atoms with Crippen molar-refractivity contribution in [3.8, 4) is 6.07 Å². The fraction of sp³-hybridized carbons (Fsp3) is 0.100. The van der Waals surface area contributed by atoms with E-state index >= 15 is 0 Å². The SMILES string of the molecule is N#CCC(=O)N/N=C\c1ccccc1. The molecule has 0 spiro atoms. The molecular formula is C10H9N3O. The maximum atomic E-state index is 10.8. The van der Waals surface area contributed by atoms with E-state index in [4.69, 9.17) is 5.26 Å². The van der Waals surface area contributed by atoms with Gasteiger partial charge in [0.05, 0.1) is 12.3 Å². The summed E-state index contributed by atoms with van der Waals surface area (Å²) >= 11 is 0. The van der Waals surface area contributed by atoms with E-state index in [0.29, 0.717) is 0 Å². The summed E-state index contributed by atoms with van der Waals surface area (Å²) in [6, 6.07) is 11.1. The highest BCUT2D eigenvalue weighted by Crippen LogP contribution is 1.93. The highest BCUT2D eigenvalue weighted by atomic mass is 16.2. The Morgan fingerprint density at radius 3 is 2.86 bits per heavy atom. The van der Waals surface area contributed by atoms with Crippen molar-refractivity contribution >= 4 is 12.1 Å². The monoisotopic (exact) mass is 187 g/mol. The number of nitriles is 1. The van der Waals surface area contributed by atoms with Crippen molar-refractivity contribution in [1.82, 2.24) is 5.43 Å². The third-order valence-corrected chi connectivity index (χ3v) is 1.44. The molecule has 1 rings (SSSR count). The van der Waals surface area contributed by atoms with Crippen molar-refractivity contribution in [2.24, 2.45) is 5.10 Å². The van der Waals surface area contributed by atoms with E-state index in [9.17, 15) is 4.79 Å². The maximum absolute atomic E-state index is 10.8. The van der Waals surface area contributed by atoms with Crippen molar-refractivity contribution < 1.29 is 4.79 Å². The average Bonchev–Trinajstić information content (AvgIpc) is 2.20. The Balaban J connectivity index is 2.43. The van der Waals surface area contributed by atoms with Crippen LogP contribution in [0.4, 0.5) is 0 Å². The predicted molar refractivity (Wildman–Crippen MR) is 52.4 cm³/mol. The molecule has 1 aromatic carbocycles. The summed E-state index contributed by atoms with van der Waals surface area (Å²) < 4.78 is 0. The van der Waals surface area contributed by atoms with Crippen LogP contribution in [0.15, 0.2) is 35.4 Å². The van der Waals surface area contributed by atoms with Crippen LogP contribution in [-0.4, -0.2) is 12.1 Å². The molecule has 0 aliphatic carbocycles. The number of amides is 1. The Hall–Kier alpha value is -2.15. The number of rotatable bonds is 3. The molecular weight excluding hydrogens is 178 g/mol. The topological polar surface area (TPSA) is 65.2 Å². The first-order valence-electron chi connectivity index (χ1n) is 4.07. The van der Waals surface area contributed by atoms with Gasteiger partial charge in [-0.1, -0.05) is 30.3 Å². The van der Waals surface area contributed by atoms with Gasteiger partial charge >= 0.3 is 0 Å². The van der Waals surface area contributed by atoms with Gasteiger partial charge < -0.3 is 0 Å². The van der Waals surface area contributed by atoms with E-state index in [1.165, 1.54) is 6.21 Å². The smallest absolute Gasteiger partial charge is 0.254 e. The molecule has 0 saturated heterocycles. The zero-order valence-corrected chi connectivity index (χ0v) is 7.47. The molecule has 4 nitrogen and oxygen atoms in total. The Labute approximate surface area is 81.9 Å². The number of nitrogens with one attached hydrogen (secondary N) is 1. The molecule has 1 aromatic rings. The average molecular weight is 187 g/mol. The summed E-state index contributed by atoms with van der Waals surface area (Å²) in [4.78, 5) is 10.8. The molecule has 0 unspecified atom stereocenters. The number of nitrogens with zero attached hydrogens (tertiary/aromatic N) is 2. The van der Waals surface area contributed by atoms with Crippen LogP contribution >= 0.6 is 0 Å². The molecule has 1 N–H and O–H groups in total. The fourth-order valence-corrected chi connectivity index (χ4v) is 0.829. The third kappa shape index (κ3) is 3.50. The molecule has 14 heavy (non-hydrogen) atoms. The largest absolute Gasteiger partial charge is 0.272 e. The first-order chi connectivity index (χ1) is 6.83. The van der Waals surface area contributed by atoms with Crippen molar-refractivity contribution in [3.05, 3.63) is 35.9 Å². The summed E-state index contributed by atoms with van der Waals surface area (Å²) in [7, 11) is 0. The second-order valence-electron chi connectivity index (χ2n) is 2.54. The standard InChI is InChI=1S/C10H9N3O/c11-7-6-10(14)13-12-8-9-4-2-1-3-5-9/h1-5,8H,6H2,(H,13,14)/b12-8-. The van der Waals surface area contributed by atoms with Gasteiger partial charge in [0, 0.05) is 0 Å². The number of hydrogen-bond donors (Lipinski definition) is 1. The van der Waals surface area contributed by atoms with E-state index in [-0.39, 0.29) is 6.42 Å². The third-order valence-electron chi connectivity index (χ3n) is 1.44. The van der Waals surface area contributed by atoms with E-state index in [0.717, 1.165) is 5.56 Å². The van der Waals surface area contributed by atoms with Gasteiger partial charge in [0.1, 0.15) is 6.42 Å². The van der Waals surface area contributed by atoms with Crippen LogP contribution in [-0.2, 0) is 4.79 Å². The van der Waals surface area contributed by atoms with Crippen LogP contribution in [0.25, 0.3) is 0 Å². The lowest BCUT2D eigenvalue weighted by Crippen LogP contribution is -2.16. The summed E-state index contributed by atoms with van der Waals surface area (Å²) in [5, 5.41) is 11.9. The Kier molecular flexibility index (Phi) is 3.89. The molecule has 0 aliphatic rings. The van der Waals surface area contributed by atoms with Crippen molar-refractivity contribution in [2.75, 3.05) is 0 Å². The normalized spacial score (nSPS) is 9.64. The minimum Gasteiger partial charge on any atom is -0.272 e. The van der Waals surface area contributed by atoms with Gasteiger partial charge in [0.15, 0.2) is 0 Å². The second kappa shape index (κ2) is 5.49. The number of hydrogen-bond acceptors (Lipinski definition) is 3. The van der Waals surface area contributed by atoms with Crippen LogP contribution in [0.3, 0.4) is 0 Å². The van der Waals surface area contributed by atoms with Crippen molar-refractivity contribution in [1.29, 1.82) is 5.26 Å². The van der Waals surface area contributed by atoms with E-state index in [1.807, 2.05) is 30.3 Å². The summed E-state index contributed by atoms with van der Waals surface area (Å²) in [6.45, 7) is 0. The molecule has 0 bridgehead atoms. The lowest BCUT2D eigenvalue weighted by Gasteiger charge is -1.93. The van der Waals surface area contributed by atoms with Gasteiger partial charge in [-0.05, 0) is 5.56 Å². The van der Waals surface area contributed by atoms with Crippen molar-refractivity contribution in [3.63, 3.8) is 0 Å². The van der Waals surface area contributed by atoms with Gasteiger partial charge in [-0.25, -0.2) is 5.43 Å². The summed E-state index contributed by atoms with van der Waals surface area (Å²) in [6.07, 6.45) is 1.35. The van der Waals surface area contributed by atoms with Gasteiger partial charge in [0.25, 0.3) is 5.91 Å². The molecule has 0 saturated carbocycles. The highest BCUT2D eigenvalue weighted by molar-refractivity contribution is 5.82. The maximum Gasteiger partial charge on any atom is 0.254 e. The van der Waals surface area contributed by atoms with Gasteiger partial charge in [-0.15, -0.1) is 0 Å². The van der Waals surface area contributed by atoms with Crippen LogP contribution < -0.4 is 5.43 Å². The molecule has 0 heterocycles. The molecule has 0 aliphatic heterocycles. The molecule has 0 aromatic heterocycles. The number of hydrazone groups is 1. The molecule has 0 fully saturated rings. The molecule has 70 valence electrons. The minimum absolute atomic E-state index is 0.174. The second-order valence-corrected chi connectivity index (χ2v) is 2.54. The van der Waals surface area contributed by atoms with Crippen molar-refractivity contribution in [2.45, 2.75) is 6.42 Å². The molecule has 4 heteroatoms. The van der Waals surface area contributed by atoms with E-state index in [1.54, 1.807) is 6.07 Å². The van der Waals surface area contributed by atoms with Crippen LogP contribution in [0, 0.1) is 11.3 Å². The quantitative estimate of drug-likeness (QED) is 0.567. The number of carbonyl (C=O) groups is 1. The molecule has 1 amide bonds. The first kappa shape index (κ1) is 9.93. The highest BCUT2D eigenvalue weighted by Gasteiger charge is 1.94. The van der Waals surface area contributed by atoms with E-state index in [2.05, 4.69) is 10.5 Å². The zero-order valence-electron chi connectivity index (χ0n) is 7.47.